The minimum Gasteiger partial charge on any atom is -0.383 e. The second-order valence-corrected chi connectivity index (χ2v) is 14.3. The van der Waals surface area contributed by atoms with E-state index in [1.165, 1.54) is 6.33 Å². The Morgan fingerprint density at radius 2 is 2.15 bits per heavy atom. The number of nitrogens with two attached hydrogens (primary N) is 2. The first-order valence-corrected chi connectivity index (χ1v) is 15.8. The standard InChI is InChI=1S/C20H25FN10O6P2S/c1-7-4-9(18(33)31-16-12(28-29-31)17(32)27-20(23)26-16)37-39(34,40)35-5-10-13(38-7)11(21)19(36-10)30-3-2-8-14(22)24-6-25-15(8)30/h2-3,6-7,9-11,13,18-19,33,38H,4-5H2,1H3,(H,34,40)(H2,22,24,25)(H3,23,26,27,32)/t7?,9-,10-,11+,13?,18-,19-,39?/m1/s1. The Labute approximate surface area is 231 Å². The highest BCUT2D eigenvalue weighted by atomic mass is 32.5. The normalized spacial score (nSPS) is 32.9. The van der Waals surface area contributed by atoms with E-state index in [2.05, 4.69) is 30.2 Å². The molecular formula is C20H25FN10O6P2S. The summed E-state index contributed by atoms with van der Waals surface area (Å²) < 4.78 is 36.0. The Kier molecular flexibility index (Phi) is 7.07. The molecule has 6 rings (SSSR count). The van der Waals surface area contributed by atoms with Crippen LogP contribution in [0, 0.1) is 0 Å². The van der Waals surface area contributed by atoms with Crippen LogP contribution in [-0.4, -0.2) is 85.8 Å². The van der Waals surface area contributed by atoms with E-state index in [-0.39, 0.29) is 50.2 Å². The number of fused-ring (bicyclic) bond motifs is 3. The van der Waals surface area contributed by atoms with Crippen molar-refractivity contribution < 1.29 is 28.2 Å². The fourth-order valence-electron chi connectivity index (χ4n) is 5.00. The molecule has 16 nitrogen and oxygen atoms in total. The van der Waals surface area contributed by atoms with E-state index >= 15 is 4.39 Å². The predicted molar refractivity (Wildman–Crippen MR) is 146 cm³/mol. The number of hydrogen-bond acceptors (Lipinski definition) is 13. The number of H-pyrrole nitrogens is 1. The SMILES string of the molecule is CC1C[C@H]([C@@H](O)n2nnc3c(=O)[nH]c(N)nc32)OP(O)(=S)OC[C@H]2O[C@@H](n3ccc4c(N)ncnc43)[C@@H](F)C2P1. The molecule has 4 aromatic heterocycles. The molecule has 214 valence electrons. The van der Waals surface area contributed by atoms with Gasteiger partial charge in [0.1, 0.15) is 23.9 Å². The lowest BCUT2D eigenvalue weighted by molar-refractivity contribution is -0.0479. The number of aliphatic hydroxyl groups is 1. The van der Waals surface area contributed by atoms with Crippen LogP contribution < -0.4 is 17.0 Å². The van der Waals surface area contributed by atoms with Crippen LogP contribution in [0.4, 0.5) is 16.2 Å². The van der Waals surface area contributed by atoms with Gasteiger partial charge in [0, 0.05) is 11.9 Å². The van der Waals surface area contributed by atoms with Crippen molar-refractivity contribution >= 4 is 61.1 Å². The molecule has 6 heterocycles. The van der Waals surface area contributed by atoms with Gasteiger partial charge in [0.15, 0.2) is 29.8 Å². The molecule has 4 aromatic rings. The molecule has 20 heteroatoms. The summed E-state index contributed by atoms with van der Waals surface area (Å²) in [6.07, 6.45) is -2.91. The van der Waals surface area contributed by atoms with E-state index in [9.17, 15) is 14.8 Å². The topological polar surface area (TPSA) is 227 Å². The molecule has 2 aliphatic heterocycles. The molecule has 0 aliphatic carbocycles. The number of aromatic amines is 1. The maximum atomic E-state index is 16.1. The van der Waals surface area contributed by atoms with Gasteiger partial charge in [-0.05, 0) is 30.0 Å². The van der Waals surface area contributed by atoms with E-state index < -0.39 is 48.8 Å². The van der Waals surface area contributed by atoms with E-state index in [0.717, 1.165) is 4.68 Å². The monoisotopic (exact) mass is 614 g/mol. The highest BCUT2D eigenvalue weighted by molar-refractivity contribution is 8.07. The van der Waals surface area contributed by atoms with Crippen molar-refractivity contribution in [3.05, 3.63) is 28.9 Å². The lowest BCUT2D eigenvalue weighted by atomic mass is 10.2. The Hall–Kier alpha value is -2.69. The molecule has 9 atom stereocenters. The average molecular weight is 614 g/mol. The zero-order chi connectivity index (χ0) is 28.3. The molecule has 0 saturated carbocycles. The lowest BCUT2D eigenvalue weighted by Crippen LogP contribution is -2.34. The van der Waals surface area contributed by atoms with Gasteiger partial charge in [0.05, 0.1) is 18.1 Å². The highest BCUT2D eigenvalue weighted by Gasteiger charge is 2.48. The quantitative estimate of drug-likeness (QED) is 0.196. The zero-order valence-corrected chi connectivity index (χ0v) is 23.4. The molecule has 0 amide bonds. The van der Waals surface area contributed by atoms with Crippen LogP contribution in [0.3, 0.4) is 0 Å². The minimum atomic E-state index is -3.96. The molecule has 2 aliphatic rings. The van der Waals surface area contributed by atoms with Crippen molar-refractivity contribution in [1.82, 2.24) is 39.5 Å². The number of anilines is 2. The summed E-state index contributed by atoms with van der Waals surface area (Å²) in [5.41, 5.74) is 10.3. The van der Waals surface area contributed by atoms with Gasteiger partial charge in [-0.3, -0.25) is 9.78 Å². The minimum absolute atomic E-state index is 0.00791. The Balaban J connectivity index is 1.28. The fourth-order valence-corrected chi connectivity index (χ4v) is 8.22. The van der Waals surface area contributed by atoms with Crippen molar-refractivity contribution in [2.24, 2.45) is 0 Å². The van der Waals surface area contributed by atoms with Crippen molar-refractivity contribution in [3.8, 4) is 0 Å². The smallest absolute Gasteiger partial charge is 0.325 e. The molecule has 0 bridgehead atoms. The summed E-state index contributed by atoms with van der Waals surface area (Å²) in [6, 6.07) is 1.69. The van der Waals surface area contributed by atoms with Crippen LogP contribution in [0.25, 0.3) is 22.2 Å². The Morgan fingerprint density at radius 3 is 2.95 bits per heavy atom. The van der Waals surface area contributed by atoms with Crippen molar-refractivity contribution in [3.63, 3.8) is 0 Å². The molecule has 7 N–H and O–H groups in total. The second kappa shape index (κ2) is 10.3. The molecule has 4 unspecified atom stereocenters. The molecule has 0 radical (unpaired) electrons. The van der Waals surface area contributed by atoms with Gasteiger partial charge in [-0.15, -0.1) is 13.7 Å². The van der Waals surface area contributed by atoms with Crippen molar-refractivity contribution in [2.45, 2.75) is 55.5 Å². The number of nitrogens with zero attached hydrogens (tertiary/aromatic N) is 7. The first kappa shape index (κ1) is 27.5. The van der Waals surface area contributed by atoms with Gasteiger partial charge in [-0.2, -0.15) is 9.67 Å². The van der Waals surface area contributed by atoms with Crippen LogP contribution in [0.2, 0.25) is 0 Å². The Bertz CT molecular complexity index is 1690. The van der Waals surface area contributed by atoms with Gasteiger partial charge in [-0.25, -0.2) is 14.4 Å². The van der Waals surface area contributed by atoms with Crippen LogP contribution in [0.15, 0.2) is 23.4 Å². The third-order valence-corrected chi connectivity index (χ3v) is 10.3. The average Bonchev–Trinajstić information content (AvgIpc) is 3.59. The van der Waals surface area contributed by atoms with E-state index in [4.69, 9.17) is 37.1 Å². The number of nitrogen functional groups attached to an aromatic ring is 2. The zero-order valence-electron chi connectivity index (χ0n) is 20.7. The summed E-state index contributed by atoms with van der Waals surface area (Å²) in [6.45, 7) is -2.34. The number of nitrogens with one attached hydrogen (secondary N) is 1. The van der Waals surface area contributed by atoms with Gasteiger partial charge in [-0.1, -0.05) is 12.1 Å². The fraction of sp³-hybridized carbons (Fsp3) is 0.500. The lowest BCUT2D eigenvalue weighted by Gasteiger charge is -2.32. The molecule has 0 aromatic carbocycles. The van der Waals surface area contributed by atoms with Crippen LogP contribution in [-0.2, 0) is 25.6 Å². The molecule has 40 heavy (non-hydrogen) atoms. The van der Waals surface area contributed by atoms with Crippen molar-refractivity contribution in [2.75, 3.05) is 18.1 Å². The third-order valence-electron chi connectivity index (χ3n) is 6.81. The predicted octanol–water partition coefficient (Wildman–Crippen LogP) is 0.308. The number of alkyl halides is 1. The largest absolute Gasteiger partial charge is 0.383 e. The van der Waals surface area contributed by atoms with Gasteiger partial charge < -0.3 is 39.8 Å². The molecule has 2 fully saturated rings. The molecule has 2 saturated heterocycles. The summed E-state index contributed by atoms with van der Waals surface area (Å²) in [4.78, 5) is 37.5. The van der Waals surface area contributed by atoms with Gasteiger partial charge >= 0.3 is 6.72 Å². The number of ether oxygens (including phenoxy) is 1. The first-order chi connectivity index (χ1) is 19.0. The van der Waals surface area contributed by atoms with Crippen LogP contribution in [0.1, 0.15) is 25.8 Å². The summed E-state index contributed by atoms with van der Waals surface area (Å²) in [5, 5.41) is 19.4. The molecular weight excluding hydrogens is 589 g/mol. The van der Waals surface area contributed by atoms with Crippen molar-refractivity contribution in [1.29, 1.82) is 0 Å². The Morgan fingerprint density at radius 1 is 1.35 bits per heavy atom. The number of aliphatic hydroxyl groups excluding tert-OH is 1. The van der Waals surface area contributed by atoms with Crippen LogP contribution in [0.5, 0.6) is 0 Å². The summed E-state index contributed by atoms with van der Waals surface area (Å²) in [7, 11) is 0.00791. The third kappa shape index (κ3) is 4.88. The number of halogens is 1. The van der Waals surface area contributed by atoms with Crippen LogP contribution >= 0.6 is 15.3 Å². The van der Waals surface area contributed by atoms with E-state index in [0.29, 0.717) is 11.0 Å². The molecule has 0 spiro atoms. The second-order valence-electron chi connectivity index (χ2n) is 9.54. The van der Waals surface area contributed by atoms with E-state index in [1.54, 1.807) is 16.8 Å². The highest BCUT2D eigenvalue weighted by Crippen LogP contribution is 2.52. The number of rotatable bonds is 3. The number of hydrogen-bond donors (Lipinski definition) is 5. The summed E-state index contributed by atoms with van der Waals surface area (Å²) >= 11 is 5.22. The maximum Gasteiger partial charge on any atom is 0.325 e. The van der Waals surface area contributed by atoms with Gasteiger partial charge in [0.25, 0.3) is 5.56 Å². The van der Waals surface area contributed by atoms with Gasteiger partial charge in [0.2, 0.25) is 5.95 Å². The summed E-state index contributed by atoms with van der Waals surface area (Å²) in [5.74, 6) is 0.0615. The first-order valence-electron chi connectivity index (χ1n) is 12.1. The maximum absolute atomic E-state index is 16.1. The van der Waals surface area contributed by atoms with E-state index in [1.807, 2.05) is 6.92 Å². The number of aromatic nitrogens is 8.